The van der Waals surface area contributed by atoms with Gasteiger partial charge in [0.1, 0.15) is 6.61 Å². The molecule has 2 aromatic heterocycles. The number of benzene rings is 1. The van der Waals surface area contributed by atoms with Crippen LogP contribution >= 0.6 is 0 Å². The van der Waals surface area contributed by atoms with Crippen molar-refractivity contribution in [1.29, 1.82) is 0 Å². The summed E-state index contributed by atoms with van der Waals surface area (Å²) < 4.78 is 7.18. The molecule has 0 aliphatic heterocycles. The van der Waals surface area contributed by atoms with Gasteiger partial charge in [-0.15, -0.1) is 0 Å². The Bertz CT molecular complexity index is 699. The average molecular weight is 282 g/mol. The first-order chi connectivity index (χ1) is 10.3. The minimum atomic E-state index is 0.253. The number of ether oxygens (including phenoxy) is 1. The van der Waals surface area contributed by atoms with Gasteiger partial charge in [0.2, 0.25) is 5.95 Å². The summed E-state index contributed by atoms with van der Waals surface area (Å²) in [6.45, 7) is 0.395. The second-order valence-electron chi connectivity index (χ2n) is 4.22. The maximum absolute atomic E-state index is 5.63. The molecule has 106 valence electrons. The third-order valence-corrected chi connectivity index (χ3v) is 2.75. The third kappa shape index (κ3) is 3.14. The second kappa shape index (κ2) is 6.00. The second-order valence-corrected chi connectivity index (χ2v) is 4.22. The number of rotatable bonds is 5. The van der Waals surface area contributed by atoms with Crippen LogP contribution in [0.25, 0.3) is 5.95 Å². The van der Waals surface area contributed by atoms with Crippen LogP contribution in [0.5, 0.6) is 6.01 Å². The number of hydrogen-bond acceptors (Lipinski definition) is 6. The van der Waals surface area contributed by atoms with Crippen molar-refractivity contribution >= 4 is 5.95 Å². The van der Waals surface area contributed by atoms with Crippen molar-refractivity contribution in [1.82, 2.24) is 24.7 Å². The molecule has 2 heterocycles. The molecule has 0 aliphatic rings. The SMILES string of the molecule is CNc1nc(OCc2ccccc2)nc(-n2cccn2)n1. The molecule has 0 spiro atoms. The van der Waals surface area contributed by atoms with Crippen LogP contribution in [0.15, 0.2) is 48.8 Å². The summed E-state index contributed by atoms with van der Waals surface area (Å²) in [5, 5.41) is 6.99. The van der Waals surface area contributed by atoms with E-state index in [-0.39, 0.29) is 6.01 Å². The van der Waals surface area contributed by atoms with E-state index in [9.17, 15) is 0 Å². The zero-order valence-corrected chi connectivity index (χ0v) is 11.5. The number of anilines is 1. The van der Waals surface area contributed by atoms with E-state index in [1.165, 1.54) is 0 Å². The Kier molecular flexibility index (Phi) is 3.72. The van der Waals surface area contributed by atoms with E-state index >= 15 is 0 Å². The smallest absolute Gasteiger partial charge is 0.323 e. The predicted molar refractivity (Wildman–Crippen MR) is 77.3 cm³/mol. The average Bonchev–Trinajstić information content (AvgIpc) is 3.08. The fourth-order valence-corrected chi connectivity index (χ4v) is 1.73. The van der Waals surface area contributed by atoms with E-state index in [1.807, 2.05) is 30.3 Å². The molecule has 7 nitrogen and oxygen atoms in total. The highest BCUT2D eigenvalue weighted by Gasteiger charge is 2.08. The molecule has 7 heteroatoms. The summed E-state index contributed by atoms with van der Waals surface area (Å²) in [6.07, 6.45) is 3.42. The molecule has 0 aliphatic carbocycles. The van der Waals surface area contributed by atoms with Gasteiger partial charge in [0.25, 0.3) is 5.95 Å². The van der Waals surface area contributed by atoms with Crippen LogP contribution in [-0.4, -0.2) is 31.8 Å². The lowest BCUT2D eigenvalue weighted by Crippen LogP contribution is -2.09. The molecule has 0 saturated carbocycles. The Morgan fingerprint density at radius 2 is 1.95 bits per heavy atom. The highest BCUT2D eigenvalue weighted by molar-refractivity contribution is 5.29. The van der Waals surface area contributed by atoms with Gasteiger partial charge in [-0.25, -0.2) is 4.68 Å². The van der Waals surface area contributed by atoms with E-state index in [0.29, 0.717) is 18.5 Å². The molecule has 0 saturated heterocycles. The van der Waals surface area contributed by atoms with Crippen LogP contribution in [0.4, 0.5) is 5.95 Å². The number of nitrogens with zero attached hydrogens (tertiary/aromatic N) is 5. The molecule has 0 radical (unpaired) electrons. The Labute approximate surface area is 121 Å². The van der Waals surface area contributed by atoms with Gasteiger partial charge in [0, 0.05) is 19.4 Å². The summed E-state index contributed by atoms with van der Waals surface area (Å²) in [7, 11) is 1.74. The maximum atomic E-state index is 5.63. The van der Waals surface area contributed by atoms with Crippen LogP contribution < -0.4 is 10.1 Å². The lowest BCUT2D eigenvalue weighted by Gasteiger charge is -2.08. The standard InChI is InChI=1S/C14H14N6O/c1-15-12-17-13(20-9-5-8-16-20)19-14(18-12)21-10-11-6-3-2-4-7-11/h2-9H,10H2,1H3,(H,15,17,18,19). The summed E-state index contributed by atoms with van der Waals surface area (Å²) in [6, 6.07) is 11.9. The van der Waals surface area contributed by atoms with Crippen LogP contribution in [0.2, 0.25) is 0 Å². The van der Waals surface area contributed by atoms with Gasteiger partial charge in [-0.1, -0.05) is 30.3 Å². The van der Waals surface area contributed by atoms with Crippen molar-refractivity contribution in [3.05, 3.63) is 54.4 Å². The highest BCUT2D eigenvalue weighted by Crippen LogP contribution is 2.12. The van der Waals surface area contributed by atoms with Gasteiger partial charge in [-0.3, -0.25) is 0 Å². The molecule has 3 aromatic rings. The van der Waals surface area contributed by atoms with Gasteiger partial charge < -0.3 is 10.1 Å². The highest BCUT2D eigenvalue weighted by atomic mass is 16.5. The molecule has 0 atom stereocenters. The summed E-state index contributed by atoms with van der Waals surface area (Å²) >= 11 is 0. The van der Waals surface area contributed by atoms with E-state index in [1.54, 1.807) is 30.2 Å². The molecule has 0 bridgehead atoms. The monoisotopic (exact) mass is 282 g/mol. The van der Waals surface area contributed by atoms with Crippen molar-refractivity contribution < 1.29 is 4.74 Å². The first-order valence-electron chi connectivity index (χ1n) is 6.46. The van der Waals surface area contributed by atoms with Crippen LogP contribution in [0.3, 0.4) is 0 Å². The number of nitrogens with one attached hydrogen (secondary N) is 1. The molecule has 0 unspecified atom stereocenters. The van der Waals surface area contributed by atoms with Crippen molar-refractivity contribution in [3.8, 4) is 12.0 Å². The molecule has 0 fully saturated rings. The molecule has 3 rings (SSSR count). The Hall–Kier alpha value is -2.96. The van der Waals surface area contributed by atoms with E-state index in [0.717, 1.165) is 5.56 Å². The van der Waals surface area contributed by atoms with Gasteiger partial charge in [-0.05, 0) is 11.6 Å². The Balaban J connectivity index is 1.83. The van der Waals surface area contributed by atoms with Crippen molar-refractivity contribution in [2.75, 3.05) is 12.4 Å². The molecule has 0 amide bonds. The fraction of sp³-hybridized carbons (Fsp3) is 0.143. The zero-order chi connectivity index (χ0) is 14.5. The minimum Gasteiger partial charge on any atom is -0.458 e. The van der Waals surface area contributed by atoms with Gasteiger partial charge >= 0.3 is 6.01 Å². The zero-order valence-electron chi connectivity index (χ0n) is 11.5. The molecular weight excluding hydrogens is 268 g/mol. The first-order valence-corrected chi connectivity index (χ1v) is 6.46. The fourth-order valence-electron chi connectivity index (χ4n) is 1.73. The maximum Gasteiger partial charge on any atom is 0.323 e. The Morgan fingerprint density at radius 3 is 2.67 bits per heavy atom. The molecule has 21 heavy (non-hydrogen) atoms. The first kappa shape index (κ1) is 13.0. The summed E-state index contributed by atoms with van der Waals surface area (Å²) in [5.74, 6) is 0.834. The molecular formula is C14H14N6O. The van der Waals surface area contributed by atoms with E-state index in [4.69, 9.17) is 4.74 Å². The minimum absolute atomic E-state index is 0.253. The van der Waals surface area contributed by atoms with Crippen molar-refractivity contribution in [2.45, 2.75) is 6.61 Å². The lowest BCUT2D eigenvalue weighted by molar-refractivity contribution is 0.279. The number of aromatic nitrogens is 5. The van der Waals surface area contributed by atoms with Gasteiger partial charge in [0.15, 0.2) is 0 Å². The molecule has 1 aromatic carbocycles. The Morgan fingerprint density at radius 1 is 1.10 bits per heavy atom. The summed E-state index contributed by atoms with van der Waals surface area (Å²) in [4.78, 5) is 12.7. The van der Waals surface area contributed by atoms with Crippen LogP contribution in [-0.2, 0) is 6.61 Å². The topological polar surface area (TPSA) is 77.8 Å². The normalized spacial score (nSPS) is 10.3. The third-order valence-electron chi connectivity index (χ3n) is 2.75. The van der Waals surface area contributed by atoms with Gasteiger partial charge in [-0.2, -0.15) is 20.1 Å². The lowest BCUT2D eigenvalue weighted by atomic mass is 10.2. The predicted octanol–water partition coefficient (Wildman–Crippen LogP) is 1.68. The van der Waals surface area contributed by atoms with E-state index < -0.39 is 0 Å². The van der Waals surface area contributed by atoms with Crippen LogP contribution in [0.1, 0.15) is 5.56 Å². The van der Waals surface area contributed by atoms with Crippen molar-refractivity contribution in [2.24, 2.45) is 0 Å². The quantitative estimate of drug-likeness (QED) is 0.767. The van der Waals surface area contributed by atoms with E-state index in [2.05, 4.69) is 25.4 Å². The van der Waals surface area contributed by atoms with Crippen LogP contribution in [0, 0.1) is 0 Å². The van der Waals surface area contributed by atoms with Gasteiger partial charge in [0.05, 0.1) is 0 Å². The largest absolute Gasteiger partial charge is 0.458 e. The molecule has 1 N–H and O–H groups in total. The number of hydrogen-bond donors (Lipinski definition) is 1. The summed E-state index contributed by atoms with van der Waals surface area (Å²) in [5.41, 5.74) is 1.05. The van der Waals surface area contributed by atoms with Crippen molar-refractivity contribution in [3.63, 3.8) is 0 Å².